The van der Waals surface area contributed by atoms with Gasteiger partial charge < -0.3 is 25.8 Å². The second-order valence-corrected chi connectivity index (χ2v) is 8.28. The summed E-state index contributed by atoms with van der Waals surface area (Å²) in [5.41, 5.74) is 3.88. The van der Waals surface area contributed by atoms with Crippen LogP contribution in [0.25, 0.3) is 0 Å². The van der Waals surface area contributed by atoms with Gasteiger partial charge in [0.2, 0.25) is 5.88 Å². The molecule has 2 amide bonds. The van der Waals surface area contributed by atoms with Crippen molar-refractivity contribution in [1.82, 2.24) is 10.3 Å². The number of primary amides is 1. The Bertz CT molecular complexity index is 803. The van der Waals surface area contributed by atoms with Crippen LogP contribution >= 0.6 is 0 Å². The van der Waals surface area contributed by atoms with Crippen LogP contribution in [0.3, 0.4) is 0 Å². The number of halogens is 4. The van der Waals surface area contributed by atoms with E-state index in [1.807, 2.05) is 0 Å². The monoisotopic (exact) mass is 450 g/mol. The number of nitrogens with one attached hydrogen (secondary N) is 2. The zero-order chi connectivity index (χ0) is 23.4. The highest BCUT2D eigenvalue weighted by Crippen LogP contribution is 2.27. The van der Waals surface area contributed by atoms with Gasteiger partial charge >= 0.3 is 12.3 Å². The molecule has 0 radical (unpaired) electrons. The normalized spacial score (nSPS) is 19.5. The number of amides is 2. The fourth-order valence-corrected chi connectivity index (χ4v) is 3.06. The van der Waals surface area contributed by atoms with Crippen molar-refractivity contribution in [1.29, 1.82) is 0 Å². The number of nitrogens with zero attached hydrogens (tertiary/aromatic N) is 1. The molecule has 1 aromatic rings. The number of rotatable bonds is 6. The van der Waals surface area contributed by atoms with Gasteiger partial charge in [-0.15, -0.1) is 0 Å². The zero-order valence-electron chi connectivity index (χ0n) is 17.4. The van der Waals surface area contributed by atoms with Gasteiger partial charge in [-0.2, -0.15) is 18.2 Å². The number of hydrogen-bond acceptors (Lipinski definition) is 6. The molecule has 2 rings (SSSR count). The molecule has 1 aliphatic rings. The number of alkyl carbamates (subject to hydrolysis) is 1. The molecular formula is C19H26F4N4O4. The minimum Gasteiger partial charge on any atom is -0.467 e. The van der Waals surface area contributed by atoms with E-state index in [0.717, 1.165) is 0 Å². The van der Waals surface area contributed by atoms with E-state index in [1.165, 1.54) is 0 Å². The molecule has 174 valence electrons. The molecule has 0 unspecified atom stereocenters. The van der Waals surface area contributed by atoms with Gasteiger partial charge in [0.1, 0.15) is 11.2 Å². The highest BCUT2D eigenvalue weighted by molar-refractivity contribution is 5.95. The van der Waals surface area contributed by atoms with Gasteiger partial charge in [0.15, 0.2) is 18.2 Å². The summed E-state index contributed by atoms with van der Waals surface area (Å²) in [6.07, 6.45) is -2.96. The molecule has 0 atom stereocenters. The molecule has 0 spiro atoms. The SMILES string of the molecule is CC(C)(C)OC(=O)NC1CCC(Nc2nc(OCC(F)(F)F)c(C(N)=O)cc2F)CC1. The van der Waals surface area contributed by atoms with E-state index in [9.17, 15) is 27.2 Å². The molecule has 1 aliphatic carbocycles. The lowest BCUT2D eigenvalue weighted by molar-refractivity contribution is -0.154. The van der Waals surface area contributed by atoms with Gasteiger partial charge in [-0.25, -0.2) is 9.18 Å². The molecule has 12 heteroatoms. The van der Waals surface area contributed by atoms with E-state index in [2.05, 4.69) is 20.4 Å². The first-order chi connectivity index (χ1) is 14.2. The van der Waals surface area contributed by atoms with Crippen LogP contribution in [-0.4, -0.2) is 47.5 Å². The van der Waals surface area contributed by atoms with Crippen LogP contribution in [0.4, 0.5) is 28.2 Å². The lowest BCUT2D eigenvalue weighted by Crippen LogP contribution is -2.42. The molecule has 0 bridgehead atoms. The summed E-state index contributed by atoms with van der Waals surface area (Å²) in [6, 6.07) is 0.334. The summed E-state index contributed by atoms with van der Waals surface area (Å²) < 4.78 is 61.4. The second-order valence-electron chi connectivity index (χ2n) is 8.28. The summed E-state index contributed by atoms with van der Waals surface area (Å²) in [4.78, 5) is 27.0. The summed E-state index contributed by atoms with van der Waals surface area (Å²) in [5.74, 6) is -3.15. The van der Waals surface area contributed by atoms with E-state index < -0.39 is 47.6 Å². The van der Waals surface area contributed by atoms with Crippen LogP contribution in [0.2, 0.25) is 0 Å². The Hall–Kier alpha value is -2.79. The number of aromatic nitrogens is 1. The molecule has 1 aromatic heterocycles. The number of pyridine rings is 1. The van der Waals surface area contributed by atoms with E-state index in [-0.39, 0.29) is 17.9 Å². The number of carbonyl (C=O) groups is 2. The third kappa shape index (κ3) is 8.10. The van der Waals surface area contributed by atoms with Crippen LogP contribution in [0, 0.1) is 5.82 Å². The van der Waals surface area contributed by atoms with Crippen LogP contribution in [-0.2, 0) is 4.74 Å². The van der Waals surface area contributed by atoms with Crippen molar-refractivity contribution >= 4 is 17.8 Å². The predicted molar refractivity (Wildman–Crippen MR) is 103 cm³/mol. The number of carbonyl (C=O) groups excluding carboxylic acids is 2. The first-order valence-electron chi connectivity index (χ1n) is 9.69. The van der Waals surface area contributed by atoms with Crippen LogP contribution < -0.4 is 21.1 Å². The first-order valence-corrected chi connectivity index (χ1v) is 9.69. The van der Waals surface area contributed by atoms with Gasteiger partial charge in [0.05, 0.1) is 0 Å². The van der Waals surface area contributed by atoms with Crippen molar-refractivity contribution in [3.8, 4) is 5.88 Å². The molecule has 1 saturated carbocycles. The van der Waals surface area contributed by atoms with Crippen molar-refractivity contribution in [2.24, 2.45) is 5.73 Å². The summed E-state index contributed by atoms with van der Waals surface area (Å²) in [7, 11) is 0. The molecule has 4 N–H and O–H groups in total. The van der Waals surface area contributed by atoms with Crippen molar-refractivity contribution in [3.63, 3.8) is 0 Å². The Balaban J connectivity index is 2.00. The minimum absolute atomic E-state index is 0.117. The highest BCUT2D eigenvalue weighted by atomic mass is 19.4. The minimum atomic E-state index is -4.67. The molecular weight excluding hydrogens is 424 g/mol. The second kappa shape index (κ2) is 9.56. The predicted octanol–water partition coefficient (Wildman–Crippen LogP) is 3.51. The summed E-state index contributed by atoms with van der Waals surface area (Å²) >= 11 is 0. The van der Waals surface area contributed by atoms with E-state index in [1.54, 1.807) is 20.8 Å². The molecule has 0 aliphatic heterocycles. The fourth-order valence-electron chi connectivity index (χ4n) is 3.06. The topological polar surface area (TPSA) is 116 Å². The molecule has 0 aromatic carbocycles. The molecule has 1 heterocycles. The Morgan fingerprint density at radius 1 is 1.16 bits per heavy atom. The fraction of sp³-hybridized carbons (Fsp3) is 0.632. The maximum Gasteiger partial charge on any atom is 0.422 e. The first kappa shape index (κ1) is 24.5. The van der Waals surface area contributed by atoms with Crippen molar-refractivity contribution in [3.05, 3.63) is 17.4 Å². The number of hydrogen-bond donors (Lipinski definition) is 3. The molecule has 1 fully saturated rings. The third-order valence-corrected chi connectivity index (χ3v) is 4.37. The van der Waals surface area contributed by atoms with Crippen molar-refractivity contribution < 1.29 is 36.6 Å². The smallest absolute Gasteiger partial charge is 0.422 e. The molecule has 31 heavy (non-hydrogen) atoms. The largest absolute Gasteiger partial charge is 0.467 e. The maximum absolute atomic E-state index is 14.3. The number of ether oxygens (including phenoxy) is 2. The maximum atomic E-state index is 14.3. The lowest BCUT2D eigenvalue weighted by atomic mass is 9.91. The van der Waals surface area contributed by atoms with Crippen LogP contribution in [0.5, 0.6) is 5.88 Å². The van der Waals surface area contributed by atoms with Gasteiger partial charge in [-0.05, 0) is 52.5 Å². The Morgan fingerprint density at radius 3 is 2.26 bits per heavy atom. The van der Waals surface area contributed by atoms with Gasteiger partial charge in [-0.1, -0.05) is 0 Å². The van der Waals surface area contributed by atoms with Gasteiger partial charge in [-0.3, -0.25) is 4.79 Å². The Kier molecular flexibility index (Phi) is 7.55. The number of nitrogens with two attached hydrogens (primary N) is 1. The number of anilines is 1. The van der Waals surface area contributed by atoms with E-state index in [4.69, 9.17) is 10.5 Å². The Labute approximate surface area is 176 Å². The molecule has 8 nitrogen and oxygen atoms in total. The quantitative estimate of drug-likeness (QED) is 0.572. The van der Waals surface area contributed by atoms with E-state index in [0.29, 0.717) is 31.7 Å². The summed E-state index contributed by atoms with van der Waals surface area (Å²) in [6.45, 7) is 3.56. The van der Waals surface area contributed by atoms with Gasteiger partial charge in [0.25, 0.3) is 5.91 Å². The highest BCUT2D eigenvalue weighted by Gasteiger charge is 2.31. The van der Waals surface area contributed by atoms with Crippen molar-refractivity contribution in [2.75, 3.05) is 11.9 Å². The lowest BCUT2D eigenvalue weighted by Gasteiger charge is -2.31. The average Bonchev–Trinajstić information content (AvgIpc) is 2.61. The van der Waals surface area contributed by atoms with Crippen molar-refractivity contribution in [2.45, 2.75) is 70.3 Å². The molecule has 0 saturated heterocycles. The average molecular weight is 450 g/mol. The van der Waals surface area contributed by atoms with Gasteiger partial charge in [0, 0.05) is 12.1 Å². The van der Waals surface area contributed by atoms with Crippen LogP contribution in [0.1, 0.15) is 56.8 Å². The standard InChI is InChI=1S/C19H26F4N4O4/c1-18(2,3)31-17(29)26-11-6-4-10(5-7-11)25-15-13(20)8-12(14(24)28)16(27-15)30-9-19(21,22)23/h8,10-11H,4-7,9H2,1-3H3,(H2,24,28)(H,25,27)(H,26,29). The van der Waals surface area contributed by atoms with E-state index >= 15 is 0 Å². The summed E-state index contributed by atoms with van der Waals surface area (Å²) in [5, 5.41) is 5.60. The zero-order valence-corrected chi connectivity index (χ0v) is 17.4. The Morgan fingerprint density at radius 2 is 1.74 bits per heavy atom. The third-order valence-electron chi connectivity index (χ3n) is 4.37. The number of alkyl halides is 3. The van der Waals surface area contributed by atoms with Crippen LogP contribution in [0.15, 0.2) is 6.07 Å².